The molecule has 1 aliphatic rings. The Kier molecular flexibility index (Phi) is 2.84. The first-order valence-corrected chi connectivity index (χ1v) is 5.15. The molecule has 0 aromatic carbocycles. The molecule has 1 aromatic heterocycles. The third kappa shape index (κ3) is 1.92. The van der Waals surface area contributed by atoms with Crippen LogP contribution in [0.3, 0.4) is 0 Å². The molecule has 0 bridgehead atoms. The van der Waals surface area contributed by atoms with Crippen molar-refractivity contribution in [2.45, 2.75) is 13.0 Å². The molecule has 1 atom stereocenters. The molecule has 4 nitrogen and oxygen atoms in total. The molecule has 78 valence electrons. The van der Waals surface area contributed by atoms with Gasteiger partial charge < -0.3 is 10.2 Å². The highest BCUT2D eigenvalue weighted by molar-refractivity contribution is 5.54. The maximum Gasteiger partial charge on any atom is 0.146 e. The summed E-state index contributed by atoms with van der Waals surface area (Å²) in [5.41, 5.74) is 0.659. The first-order chi connectivity index (χ1) is 7.33. The van der Waals surface area contributed by atoms with Crippen LogP contribution < -0.4 is 10.2 Å². The van der Waals surface area contributed by atoms with Crippen LogP contribution >= 0.6 is 0 Å². The average molecular weight is 202 g/mol. The minimum absolute atomic E-state index is 0.390. The first kappa shape index (κ1) is 9.94. The Balaban J connectivity index is 2.31. The van der Waals surface area contributed by atoms with Gasteiger partial charge in [0.15, 0.2) is 0 Å². The Labute approximate surface area is 89.5 Å². The fourth-order valence-corrected chi connectivity index (χ4v) is 1.87. The molecule has 0 amide bonds. The van der Waals surface area contributed by atoms with Gasteiger partial charge in [-0.25, -0.2) is 4.98 Å². The summed E-state index contributed by atoms with van der Waals surface area (Å²) in [5.74, 6) is 0.814. The zero-order valence-corrected chi connectivity index (χ0v) is 8.77. The minimum Gasteiger partial charge on any atom is -0.350 e. The monoisotopic (exact) mass is 202 g/mol. The van der Waals surface area contributed by atoms with Crippen molar-refractivity contribution >= 4 is 5.82 Å². The van der Waals surface area contributed by atoms with Gasteiger partial charge in [-0.1, -0.05) is 0 Å². The van der Waals surface area contributed by atoms with E-state index in [-0.39, 0.29) is 0 Å². The molecule has 1 fully saturated rings. The van der Waals surface area contributed by atoms with Crippen molar-refractivity contribution in [1.82, 2.24) is 10.3 Å². The minimum atomic E-state index is 0.390. The van der Waals surface area contributed by atoms with E-state index in [4.69, 9.17) is 5.26 Å². The number of nitrogens with zero attached hydrogens (tertiary/aromatic N) is 3. The predicted molar refractivity (Wildman–Crippen MR) is 58.6 cm³/mol. The predicted octanol–water partition coefficient (Wildman–Crippen LogP) is 0.751. The summed E-state index contributed by atoms with van der Waals surface area (Å²) in [5, 5.41) is 12.3. The van der Waals surface area contributed by atoms with E-state index in [1.807, 2.05) is 6.07 Å². The van der Waals surface area contributed by atoms with Gasteiger partial charge in [0, 0.05) is 31.9 Å². The third-order valence-corrected chi connectivity index (χ3v) is 2.68. The molecule has 15 heavy (non-hydrogen) atoms. The Morgan fingerprint density at radius 2 is 2.53 bits per heavy atom. The number of aromatic nitrogens is 1. The Bertz CT molecular complexity index is 382. The summed E-state index contributed by atoms with van der Waals surface area (Å²) in [6.07, 6.45) is 1.74. The fraction of sp³-hybridized carbons (Fsp3) is 0.455. The van der Waals surface area contributed by atoms with Crippen LogP contribution in [-0.4, -0.2) is 30.7 Å². The van der Waals surface area contributed by atoms with Crippen LogP contribution in [0.25, 0.3) is 0 Å². The Morgan fingerprint density at radius 1 is 1.67 bits per heavy atom. The van der Waals surface area contributed by atoms with Gasteiger partial charge in [0.2, 0.25) is 0 Å². The van der Waals surface area contributed by atoms with Crippen molar-refractivity contribution in [3.8, 4) is 6.07 Å². The average Bonchev–Trinajstić information content (AvgIpc) is 2.30. The van der Waals surface area contributed by atoms with Crippen molar-refractivity contribution in [3.05, 3.63) is 23.9 Å². The van der Waals surface area contributed by atoms with Gasteiger partial charge >= 0.3 is 0 Å². The lowest BCUT2D eigenvalue weighted by molar-refractivity contribution is 0.497. The topological polar surface area (TPSA) is 52.0 Å². The van der Waals surface area contributed by atoms with Crippen molar-refractivity contribution in [3.63, 3.8) is 0 Å². The number of hydrogen-bond donors (Lipinski definition) is 1. The Hall–Kier alpha value is -1.60. The van der Waals surface area contributed by atoms with Crippen molar-refractivity contribution in [2.75, 3.05) is 24.5 Å². The van der Waals surface area contributed by atoms with Gasteiger partial charge in [-0.15, -0.1) is 0 Å². The van der Waals surface area contributed by atoms with Crippen LogP contribution in [0.4, 0.5) is 5.82 Å². The summed E-state index contributed by atoms with van der Waals surface area (Å²) >= 11 is 0. The molecule has 1 N–H and O–H groups in total. The quantitative estimate of drug-likeness (QED) is 0.730. The lowest BCUT2D eigenvalue weighted by atomic mass is 10.2. The fourth-order valence-electron chi connectivity index (χ4n) is 1.87. The largest absolute Gasteiger partial charge is 0.350 e. The lowest BCUT2D eigenvalue weighted by Crippen LogP contribution is -2.50. The highest BCUT2D eigenvalue weighted by atomic mass is 15.3. The van der Waals surface area contributed by atoms with Crippen molar-refractivity contribution in [2.24, 2.45) is 0 Å². The number of nitrogens with one attached hydrogen (secondary N) is 1. The molecule has 0 aliphatic carbocycles. The molecule has 0 saturated carbocycles. The summed E-state index contributed by atoms with van der Waals surface area (Å²) < 4.78 is 0. The third-order valence-electron chi connectivity index (χ3n) is 2.68. The van der Waals surface area contributed by atoms with Gasteiger partial charge in [0.1, 0.15) is 11.9 Å². The maximum absolute atomic E-state index is 9.00. The van der Waals surface area contributed by atoms with Gasteiger partial charge in [0.05, 0.1) is 5.56 Å². The van der Waals surface area contributed by atoms with Crippen LogP contribution in [-0.2, 0) is 0 Å². The SMILES string of the molecule is CC1CNCCN1c1ncccc1C#N. The van der Waals surface area contributed by atoms with E-state index in [0.29, 0.717) is 11.6 Å². The summed E-state index contributed by atoms with van der Waals surface area (Å²) in [4.78, 5) is 6.49. The van der Waals surface area contributed by atoms with E-state index < -0.39 is 0 Å². The van der Waals surface area contributed by atoms with E-state index in [1.165, 1.54) is 0 Å². The van der Waals surface area contributed by atoms with Gasteiger partial charge in [0.25, 0.3) is 0 Å². The highest BCUT2D eigenvalue weighted by Crippen LogP contribution is 2.19. The summed E-state index contributed by atoms with van der Waals surface area (Å²) in [6, 6.07) is 6.20. The first-order valence-electron chi connectivity index (χ1n) is 5.15. The molecule has 2 rings (SSSR count). The second-order valence-electron chi connectivity index (χ2n) is 3.73. The number of pyridine rings is 1. The van der Waals surface area contributed by atoms with Crippen LogP contribution in [0.15, 0.2) is 18.3 Å². The van der Waals surface area contributed by atoms with Crippen LogP contribution in [0.1, 0.15) is 12.5 Å². The molecular formula is C11H14N4. The van der Waals surface area contributed by atoms with Gasteiger partial charge in [-0.2, -0.15) is 5.26 Å². The molecule has 1 aliphatic heterocycles. The van der Waals surface area contributed by atoms with E-state index >= 15 is 0 Å². The van der Waals surface area contributed by atoms with E-state index in [2.05, 4.69) is 28.2 Å². The molecule has 2 heterocycles. The zero-order valence-electron chi connectivity index (χ0n) is 8.77. The van der Waals surface area contributed by atoms with Crippen LogP contribution in [0.2, 0.25) is 0 Å². The van der Waals surface area contributed by atoms with Crippen molar-refractivity contribution in [1.29, 1.82) is 5.26 Å². The van der Waals surface area contributed by atoms with Crippen LogP contribution in [0.5, 0.6) is 0 Å². The smallest absolute Gasteiger partial charge is 0.146 e. The standard InChI is InChI=1S/C11H14N4/c1-9-8-13-5-6-15(9)11-10(7-12)3-2-4-14-11/h2-4,9,13H,5-6,8H2,1H3. The van der Waals surface area contributed by atoms with Gasteiger partial charge in [-0.05, 0) is 19.1 Å². The van der Waals surface area contributed by atoms with E-state index in [1.54, 1.807) is 12.3 Å². The molecule has 1 unspecified atom stereocenters. The number of piperazine rings is 1. The molecule has 1 aromatic rings. The molecule has 4 heteroatoms. The zero-order chi connectivity index (χ0) is 10.7. The number of hydrogen-bond acceptors (Lipinski definition) is 4. The molecular weight excluding hydrogens is 188 g/mol. The lowest BCUT2D eigenvalue weighted by Gasteiger charge is -2.35. The second-order valence-corrected chi connectivity index (χ2v) is 3.73. The summed E-state index contributed by atoms with van der Waals surface area (Å²) in [7, 11) is 0. The van der Waals surface area contributed by atoms with Gasteiger partial charge in [-0.3, -0.25) is 0 Å². The Morgan fingerprint density at radius 3 is 3.27 bits per heavy atom. The number of nitriles is 1. The van der Waals surface area contributed by atoms with Crippen LogP contribution in [0, 0.1) is 11.3 Å². The molecule has 0 radical (unpaired) electrons. The molecule has 0 spiro atoms. The number of anilines is 1. The van der Waals surface area contributed by atoms with Crippen molar-refractivity contribution < 1.29 is 0 Å². The van der Waals surface area contributed by atoms with E-state index in [0.717, 1.165) is 25.5 Å². The van der Waals surface area contributed by atoms with E-state index in [9.17, 15) is 0 Å². The number of rotatable bonds is 1. The second kappa shape index (κ2) is 4.28. The highest BCUT2D eigenvalue weighted by Gasteiger charge is 2.21. The maximum atomic E-state index is 9.00. The summed E-state index contributed by atoms with van der Waals surface area (Å²) in [6.45, 7) is 4.95. The molecule has 1 saturated heterocycles. The normalized spacial score (nSPS) is 21.1.